The minimum atomic E-state index is -0.709. The second-order valence-electron chi connectivity index (χ2n) is 13.0. The molecule has 4 N–H and O–H groups in total. The molecule has 1 heterocycles. The Morgan fingerprint density at radius 2 is 1.41 bits per heavy atom. The van der Waals surface area contributed by atoms with Gasteiger partial charge in [0.2, 0.25) is 5.91 Å². The second-order valence-corrected chi connectivity index (χ2v) is 13.0. The third kappa shape index (κ3) is 7.90. The van der Waals surface area contributed by atoms with Crippen molar-refractivity contribution < 1.29 is 14.7 Å². The molecule has 3 aliphatic rings. The number of nitrogens with two attached hydrogens (primary N) is 1. The zero-order valence-electron chi connectivity index (χ0n) is 21.4. The van der Waals surface area contributed by atoms with E-state index < -0.39 is 5.97 Å². The summed E-state index contributed by atoms with van der Waals surface area (Å²) >= 11 is 0. The molecule has 0 unspecified atom stereocenters. The van der Waals surface area contributed by atoms with Crippen LogP contribution in [0.5, 0.6) is 0 Å². The lowest BCUT2D eigenvalue weighted by Gasteiger charge is -2.43. The molecule has 1 saturated heterocycles. The molecule has 1 aliphatic heterocycles. The lowest BCUT2D eigenvalue weighted by atomic mass is 9.63. The zero-order valence-corrected chi connectivity index (χ0v) is 22.2. The highest BCUT2D eigenvalue weighted by atomic mass is 35.5. The van der Waals surface area contributed by atoms with Gasteiger partial charge in [-0.1, -0.05) is 41.5 Å². The maximum atomic E-state index is 11.3. The van der Waals surface area contributed by atoms with Gasteiger partial charge in [0.05, 0.1) is 6.42 Å². The Hall–Kier alpha value is -0.810. The number of nitrogens with one attached hydrogen (secondary N) is 1. The zero-order chi connectivity index (χ0) is 23.5. The summed E-state index contributed by atoms with van der Waals surface area (Å²) in [6.45, 7) is 15.3. The Morgan fingerprint density at radius 3 is 1.72 bits per heavy atom. The van der Waals surface area contributed by atoms with Crippen molar-refractivity contribution in [2.45, 2.75) is 106 Å². The van der Waals surface area contributed by atoms with Crippen LogP contribution < -0.4 is 11.1 Å². The van der Waals surface area contributed by atoms with Gasteiger partial charge in [0.25, 0.3) is 0 Å². The quantitative estimate of drug-likeness (QED) is 0.484. The first-order chi connectivity index (χ1) is 14.2. The summed E-state index contributed by atoms with van der Waals surface area (Å²) in [6.07, 6.45) is 10.3. The highest BCUT2D eigenvalue weighted by Gasteiger charge is 2.43. The number of hydrogen-bond donors (Lipinski definition) is 3. The Morgan fingerprint density at radius 1 is 0.969 bits per heavy atom. The van der Waals surface area contributed by atoms with Crippen molar-refractivity contribution in [1.82, 2.24) is 5.32 Å². The Bertz CT molecular complexity index is 620. The van der Waals surface area contributed by atoms with Crippen molar-refractivity contribution in [2.24, 2.45) is 39.2 Å². The Balaban J connectivity index is 0.000000311. The van der Waals surface area contributed by atoms with E-state index in [-0.39, 0.29) is 30.2 Å². The topological polar surface area (TPSA) is 92.4 Å². The van der Waals surface area contributed by atoms with Crippen LogP contribution in [0, 0.1) is 33.5 Å². The molecule has 3 rings (SSSR count). The number of aliphatic carboxylic acids is 1. The average molecular weight is 473 g/mol. The molecular weight excluding hydrogens is 424 g/mol. The van der Waals surface area contributed by atoms with Crippen molar-refractivity contribution in [3.05, 3.63) is 0 Å². The number of rotatable bonds is 3. The number of carbonyl (C=O) groups excluding carboxylic acids is 1. The van der Waals surface area contributed by atoms with Gasteiger partial charge in [-0.25, -0.2) is 0 Å². The standard InChI is InChI=1S/C13H25NO2.C13H23NO.ClH/c1-12(2,3)10-4-6-13(9-14,7-5-10)8-11(15)16;1-12(2,3)10-4-6-13(7-5-10)8-11(15)14-9-13;/h10H,4-9,14H2,1-3H3,(H,15,16);10H,4-9H2,1-3H3,(H,14,15);1H. The van der Waals surface area contributed by atoms with Crippen molar-refractivity contribution in [3.8, 4) is 0 Å². The summed E-state index contributed by atoms with van der Waals surface area (Å²) < 4.78 is 0. The molecule has 0 bridgehead atoms. The number of amides is 1. The van der Waals surface area contributed by atoms with Gasteiger partial charge in [0.15, 0.2) is 0 Å². The molecule has 0 aromatic carbocycles. The van der Waals surface area contributed by atoms with Crippen molar-refractivity contribution >= 4 is 24.3 Å². The summed E-state index contributed by atoms with van der Waals surface area (Å²) in [7, 11) is 0. The minimum absolute atomic E-state index is 0. The minimum Gasteiger partial charge on any atom is -0.481 e. The largest absolute Gasteiger partial charge is 0.481 e. The maximum absolute atomic E-state index is 11.3. The molecule has 3 fully saturated rings. The smallest absolute Gasteiger partial charge is 0.303 e. The van der Waals surface area contributed by atoms with Gasteiger partial charge >= 0.3 is 5.97 Å². The molecule has 5 nitrogen and oxygen atoms in total. The Kier molecular flexibility index (Phi) is 10.1. The summed E-state index contributed by atoms with van der Waals surface area (Å²) in [5.74, 6) is 1.11. The van der Waals surface area contributed by atoms with Crippen LogP contribution in [0.25, 0.3) is 0 Å². The van der Waals surface area contributed by atoms with E-state index in [4.69, 9.17) is 10.8 Å². The summed E-state index contributed by atoms with van der Waals surface area (Å²) in [4.78, 5) is 22.1. The number of carbonyl (C=O) groups is 2. The van der Waals surface area contributed by atoms with Crippen LogP contribution in [0.3, 0.4) is 0 Å². The van der Waals surface area contributed by atoms with Crippen LogP contribution in [-0.2, 0) is 9.59 Å². The molecule has 0 aromatic heterocycles. The first-order valence-electron chi connectivity index (χ1n) is 12.4. The molecule has 0 aromatic rings. The third-order valence-corrected chi connectivity index (χ3v) is 8.70. The van der Waals surface area contributed by atoms with E-state index in [2.05, 4.69) is 46.9 Å². The first kappa shape index (κ1) is 29.2. The van der Waals surface area contributed by atoms with Gasteiger partial charge in [0, 0.05) is 13.0 Å². The predicted molar refractivity (Wildman–Crippen MR) is 134 cm³/mol. The van der Waals surface area contributed by atoms with E-state index in [1.54, 1.807) is 0 Å². The fourth-order valence-electron chi connectivity index (χ4n) is 6.07. The van der Waals surface area contributed by atoms with Crippen molar-refractivity contribution in [3.63, 3.8) is 0 Å². The lowest BCUT2D eigenvalue weighted by Crippen LogP contribution is -2.39. The van der Waals surface area contributed by atoms with E-state index in [1.165, 1.54) is 25.7 Å². The van der Waals surface area contributed by atoms with E-state index in [9.17, 15) is 9.59 Å². The van der Waals surface area contributed by atoms with Crippen molar-refractivity contribution in [1.29, 1.82) is 0 Å². The van der Waals surface area contributed by atoms with E-state index in [0.29, 0.717) is 28.7 Å². The fraction of sp³-hybridized carbons (Fsp3) is 0.923. The van der Waals surface area contributed by atoms with Crippen LogP contribution in [0.2, 0.25) is 0 Å². The van der Waals surface area contributed by atoms with Crippen LogP contribution in [0.15, 0.2) is 0 Å². The molecule has 6 heteroatoms. The number of carboxylic acid groups (broad SMARTS) is 1. The predicted octanol–water partition coefficient (Wildman–Crippen LogP) is 5.79. The maximum Gasteiger partial charge on any atom is 0.303 e. The monoisotopic (exact) mass is 472 g/mol. The number of carboxylic acids is 1. The third-order valence-electron chi connectivity index (χ3n) is 8.70. The summed E-state index contributed by atoms with van der Waals surface area (Å²) in [6, 6.07) is 0. The lowest BCUT2D eigenvalue weighted by molar-refractivity contribution is -0.140. The van der Waals surface area contributed by atoms with E-state index in [0.717, 1.165) is 44.6 Å². The normalized spacial score (nSPS) is 33.0. The van der Waals surface area contributed by atoms with E-state index >= 15 is 0 Å². The van der Waals surface area contributed by atoms with Crippen LogP contribution in [-0.4, -0.2) is 30.1 Å². The van der Waals surface area contributed by atoms with Gasteiger partial charge in [-0.2, -0.15) is 0 Å². The highest BCUT2D eigenvalue weighted by molar-refractivity contribution is 5.85. The SMILES string of the molecule is CC(C)(C)C1CCC(CN)(CC(=O)O)CC1.CC(C)(C)C1CCC2(CC1)CNC(=O)C2.Cl. The molecule has 188 valence electrons. The van der Waals surface area contributed by atoms with Crippen LogP contribution in [0.1, 0.15) is 106 Å². The molecule has 1 spiro atoms. The fourth-order valence-corrected chi connectivity index (χ4v) is 6.07. The van der Waals surface area contributed by atoms with Crippen molar-refractivity contribution in [2.75, 3.05) is 13.1 Å². The molecular formula is C26H49ClN2O3. The highest BCUT2D eigenvalue weighted by Crippen LogP contribution is 2.48. The Labute approximate surface area is 202 Å². The molecule has 32 heavy (non-hydrogen) atoms. The molecule has 2 saturated carbocycles. The number of halogens is 1. The first-order valence-corrected chi connectivity index (χ1v) is 12.4. The van der Waals surface area contributed by atoms with E-state index in [1.807, 2.05) is 0 Å². The van der Waals surface area contributed by atoms with Crippen LogP contribution >= 0.6 is 12.4 Å². The summed E-state index contributed by atoms with van der Waals surface area (Å²) in [5.41, 5.74) is 6.76. The molecule has 1 amide bonds. The van der Waals surface area contributed by atoms with Gasteiger partial charge in [-0.05, 0) is 91.4 Å². The van der Waals surface area contributed by atoms with Gasteiger partial charge in [-0.3, -0.25) is 9.59 Å². The van der Waals surface area contributed by atoms with Gasteiger partial charge < -0.3 is 16.2 Å². The van der Waals surface area contributed by atoms with Gasteiger partial charge in [-0.15, -0.1) is 12.4 Å². The molecule has 0 atom stereocenters. The second kappa shape index (κ2) is 11.1. The molecule has 2 aliphatic carbocycles. The average Bonchev–Trinajstić information content (AvgIpc) is 3.01. The van der Waals surface area contributed by atoms with Gasteiger partial charge in [0.1, 0.15) is 0 Å². The van der Waals surface area contributed by atoms with Crippen LogP contribution in [0.4, 0.5) is 0 Å². The molecule has 0 radical (unpaired) electrons. The summed E-state index contributed by atoms with van der Waals surface area (Å²) in [5, 5.41) is 11.9. The number of hydrogen-bond acceptors (Lipinski definition) is 3.